The maximum atomic E-state index is 9.08. The molecule has 2 aromatic rings. The number of rotatable bonds is 3. The van der Waals surface area contributed by atoms with E-state index in [0.717, 1.165) is 12.2 Å². The van der Waals surface area contributed by atoms with E-state index in [1.165, 1.54) is 0 Å². The summed E-state index contributed by atoms with van der Waals surface area (Å²) in [6, 6.07) is 3.94. The van der Waals surface area contributed by atoms with Crippen LogP contribution in [0.2, 0.25) is 0 Å². The summed E-state index contributed by atoms with van der Waals surface area (Å²) >= 11 is 3.29. The molecule has 1 aliphatic carbocycles. The molecular formula is C11H12BrN5O. The number of halogens is 1. The minimum Gasteiger partial charge on any atom is -0.396 e. The molecule has 6 nitrogen and oxygen atoms in total. The first kappa shape index (κ1) is 11.6. The standard InChI is InChI=1S/C11H12BrN5O/c12-11-15-14-10-4-3-9(16-17(10)11)13-8-2-1-7(5-8)6-18/h1-4,7-8,18H,5-6H2,(H,13,16)/t7-,8+/m0/s1. The number of hydrogen-bond acceptors (Lipinski definition) is 5. The topological polar surface area (TPSA) is 75.3 Å². The zero-order valence-corrected chi connectivity index (χ0v) is 11.1. The van der Waals surface area contributed by atoms with Gasteiger partial charge in [0.15, 0.2) is 5.65 Å². The fraction of sp³-hybridized carbons (Fsp3) is 0.364. The zero-order valence-electron chi connectivity index (χ0n) is 9.49. The van der Waals surface area contributed by atoms with E-state index in [4.69, 9.17) is 5.11 Å². The van der Waals surface area contributed by atoms with E-state index in [0.29, 0.717) is 10.4 Å². The maximum absolute atomic E-state index is 9.08. The number of fused-ring (bicyclic) bond motifs is 1. The molecule has 2 aromatic heterocycles. The molecule has 0 saturated heterocycles. The molecule has 2 heterocycles. The molecule has 0 aromatic carbocycles. The number of aromatic nitrogens is 4. The summed E-state index contributed by atoms with van der Waals surface area (Å²) in [6.07, 6.45) is 4.98. The van der Waals surface area contributed by atoms with E-state index in [2.05, 4.69) is 42.6 Å². The van der Waals surface area contributed by atoms with Gasteiger partial charge in [-0.15, -0.1) is 15.3 Å². The Morgan fingerprint density at radius 1 is 1.39 bits per heavy atom. The fourth-order valence-corrected chi connectivity index (χ4v) is 2.39. The third kappa shape index (κ3) is 2.11. The molecule has 2 atom stereocenters. The van der Waals surface area contributed by atoms with Crippen molar-refractivity contribution in [3.63, 3.8) is 0 Å². The van der Waals surface area contributed by atoms with Crippen molar-refractivity contribution in [2.75, 3.05) is 11.9 Å². The summed E-state index contributed by atoms with van der Waals surface area (Å²) in [4.78, 5) is 0. The van der Waals surface area contributed by atoms with Crippen molar-refractivity contribution >= 4 is 27.4 Å². The lowest BCUT2D eigenvalue weighted by molar-refractivity contribution is 0.250. The molecule has 0 aliphatic heterocycles. The number of anilines is 1. The van der Waals surface area contributed by atoms with Crippen LogP contribution in [0, 0.1) is 5.92 Å². The van der Waals surface area contributed by atoms with Crippen LogP contribution in [0.25, 0.3) is 5.65 Å². The predicted molar refractivity (Wildman–Crippen MR) is 70.2 cm³/mol. The van der Waals surface area contributed by atoms with E-state index < -0.39 is 0 Å². The molecule has 18 heavy (non-hydrogen) atoms. The molecule has 3 rings (SSSR count). The van der Waals surface area contributed by atoms with Crippen molar-refractivity contribution in [1.82, 2.24) is 19.8 Å². The normalized spacial score (nSPS) is 22.8. The summed E-state index contributed by atoms with van der Waals surface area (Å²) in [5, 5.41) is 24.6. The van der Waals surface area contributed by atoms with Crippen molar-refractivity contribution in [1.29, 1.82) is 0 Å². The van der Waals surface area contributed by atoms with Gasteiger partial charge in [0.2, 0.25) is 4.73 Å². The van der Waals surface area contributed by atoms with Gasteiger partial charge in [0.05, 0.1) is 0 Å². The zero-order chi connectivity index (χ0) is 12.5. The van der Waals surface area contributed by atoms with Crippen molar-refractivity contribution in [3.8, 4) is 0 Å². The molecule has 1 aliphatic rings. The lowest BCUT2D eigenvalue weighted by Crippen LogP contribution is -2.18. The third-order valence-corrected chi connectivity index (χ3v) is 3.46. The van der Waals surface area contributed by atoms with E-state index in [-0.39, 0.29) is 18.6 Å². The number of aliphatic hydroxyl groups is 1. The van der Waals surface area contributed by atoms with Crippen LogP contribution in [-0.4, -0.2) is 37.6 Å². The largest absolute Gasteiger partial charge is 0.396 e. The second kappa shape index (κ2) is 4.66. The van der Waals surface area contributed by atoms with Crippen LogP contribution in [0.15, 0.2) is 29.0 Å². The molecule has 0 bridgehead atoms. The van der Waals surface area contributed by atoms with Gasteiger partial charge in [0.25, 0.3) is 0 Å². The highest BCUT2D eigenvalue weighted by molar-refractivity contribution is 9.10. The molecular weight excluding hydrogens is 298 g/mol. The Bertz CT molecular complexity index is 596. The summed E-state index contributed by atoms with van der Waals surface area (Å²) in [5.41, 5.74) is 0.697. The number of nitrogens with zero attached hydrogens (tertiary/aromatic N) is 4. The van der Waals surface area contributed by atoms with Gasteiger partial charge in [-0.3, -0.25) is 0 Å². The van der Waals surface area contributed by atoms with Crippen LogP contribution in [0.4, 0.5) is 5.82 Å². The number of nitrogens with one attached hydrogen (secondary N) is 1. The van der Waals surface area contributed by atoms with Gasteiger partial charge in [-0.2, -0.15) is 4.52 Å². The Morgan fingerprint density at radius 3 is 3.06 bits per heavy atom. The second-order valence-corrected chi connectivity index (χ2v) is 4.98. The Labute approximate surface area is 112 Å². The average molecular weight is 310 g/mol. The highest BCUT2D eigenvalue weighted by Gasteiger charge is 2.18. The van der Waals surface area contributed by atoms with E-state index in [9.17, 15) is 0 Å². The van der Waals surface area contributed by atoms with Gasteiger partial charge in [-0.25, -0.2) is 0 Å². The Balaban J connectivity index is 1.79. The SMILES string of the molecule is OC[C@H]1C=C[C@@H](Nc2ccc3nnc(Br)n3n2)C1. The van der Waals surface area contributed by atoms with Crippen LogP contribution in [0.1, 0.15) is 6.42 Å². The second-order valence-electron chi connectivity index (χ2n) is 4.27. The minimum absolute atomic E-state index is 0.193. The summed E-state index contributed by atoms with van der Waals surface area (Å²) in [7, 11) is 0. The van der Waals surface area contributed by atoms with Gasteiger partial charge in [-0.05, 0) is 34.5 Å². The predicted octanol–water partition coefficient (Wildman–Crippen LogP) is 1.24. The van der Waals surface area contributed by atoms with Gasteiger partial charge in [-0.1, -0.05) is 12.2 Å². The molecule has 0 unspecified atom stereocenters. The molecule has 94 valence electrons. The molecule has 0 amide bonds. The van der Waals surface area contributed by atoms with Crippen LogP contribution in [0.3, 0.4) is 0 Å². The summed E-state index contributed by atoms with van der Waals surface area (Å²) < 4.78 is 2.21. The lowest BCUT2D eigenvalue weighted by atomic mass is 10.1. The molecule has 7 heteroatoms. The molecule has 0 fully saturated rings. The highest BCUT2D eigenvalue weighted by Crippen LogP contribution is 2.20. The monoisotopic (exact) mass is 309 g/mol. The van der Waals surface area contributed by atoms with Gasteiger partial charge in [0.1, 0.15) is 5.82 Å². The van der Waals surface area contributed by atoms with Crippen LogP contribution >= 0.6 is 15.9 Å². The number of hydrogen-bond donors (Lipinski definition) is 2. The van der Waals surface area contributed by atoms with Gasteiger partial charge < -0.3 is 10.4 Å². The first-order chi connectivity index (χ1) is 8.76. The Hall–Kier alpha value is -1.47. The van der Waals surface area contributed by atoms with E-state index in [1.54, 1.807) is 4.52 Å². The summed E-state index contributed by atoms with van der Waals surface area (Å²) in [6.45, 7) is 0.193. The van der Waals surface area contributed by atoms with E-state index in [1.807, 2.05) is 18.2 Å². The third-order valence-electron chi connectivity index (χ3n) is 2.96. The Morgan fingerprint density at radius 2 is 2.28 bits per heavy atom. The Kier molecular flexibility index (Phi) is 3.00. The maximum Gasteiger partial charge on any atom is 0.221 e. The smallest absolute Gasteiger partial charge is 0.221 e. The first-order valence-corrected chi connectivity index (χ1v) is 6.49. The van der Waals surface area contributed by atoms with Crippen LogP contribution < -0.4 is 5.32 Å². The highest BCUT2D eigenvalue weighted by atomic mass is 79.9. The molecule has 0 radical (unpaired) electrons. The van der Waals surface area contributed by atoms with Crippen LogP contribution in [-0.2, 0) is 0 Å². The van der Waals surface area contributed by atoms with Gasteiger partial charge >= 0.3 is 0 Å². The van der Waals surface area contributed by atoms with Crippen molar-refractivity contribution in [2.24, 2.45) is 5.92 Å². The van der Waals surface area contributed by atoms with Crippen molar-refractivity contribution in [3.05, 3.63) is 29.0 Å². The van der Waals surface area contributed by atoms with Crippen molar-refractivity contribution < 1.29 is 5.11 Å². The average Bonchev–Trinajstić information content (AvgIpc) is 2.97. The lowest BCUT2D eigenvalue weighted by Gasteiger charge is -2.13. The van der Waals surface area contributed by atoms with Crippen LogP contribution in [0.5, 0.6) is 0 Å². The number of aliphatic hydroxyl groups excluding tert-OH is 1. The minimum atomic E-state index is 0.193. The first-order valence-electron chi connectivity index (χ1n) is 5.70. The molecule has 2 N–H and O–H groups in total. The molecule has 0 spiro atoms. The molecule has 0 saturated carbocycles. The quantitative estimate of drug-likeness (QED) is 0.834. The van der Waals surface area contributed by atoms with Crippen molar-refractivity contribution in [2.45, 2.75) is 12.5 Å². The van der Waals surface area contributed by atoms with Gasteiger partial charge in [0, 0.05) is 18.6 Å². The summed E-state index contributed by atoms with van der Waals surface area (Å²) in [5.74, 6) is 1.00. The fourth-order valence-electron chi connectivity index (χ4n) is 2.05. The van der Waals surface area contributed by atoms with E-state index >= 15 is 0 Å².